The third kappa shape index (κ3) is 4.76. The van der Waals surface area contributed by atoms with Crippen LogP contribution in [-0.2, 0) is 4.74 Å². The van der Waals surface area contributed by atoms with E-state index in [4.69, 9.17) is 14.2 Å². The SMILES string of the molecule is CN(C)CCN(C(=O)Nc1ccc2c(c1)OCCO2)C1CCOCC1. The van der Waals surface area contributed by atoms with Crippen LogP contribution in [0.2, 0.25) is 0 Å². The Morgan fingerprint density at radius 2 is 1.80 bits per heavy atom. The molecule has 1 fully saturated rings. The summed E-state index contributed by atoms with van der Waals surface area (Å²) < 4.78 is 16.5. The number of rotatable bonds is 5. The Balaban J connectivity index is 1.68. The Labute approximate surface area is 148 Å². The van der Waals surface area contributed by atoms with Gasteiger partial charge in [0.05, 0.1) is 0 Å². The number of likely N-dealkylation sites (N-methyl/N-ethyl adjacent to an activating group) is 1. The molecule has 0 radical (unpaired) electrons. The monoisotopic (exact) mass is 349 g/mol. The van der Waals surface area contributed by atoms with Crippen LogP contribution >= 0.6 is 0 Å². The molecule has 138 valence electrons. The second-order valence-electron chi connectivity index (χ2n) is 6.63. The van der Waals surface area contributed by atoms with Crippen LogP contribution in [-0.4, -0.2) is 75.5 Å². The molecular weight excluding hydrogens is 322 g/mol. The predicted octanol–water partition coefficient (Wildman–Crippen LogP) is 2.03. The van der Waals surface area contributed by atoms with Gasteiger partial charge >= 0.3 is 6.03 Å². The molecule has 1 aromatic carbocycles. The van der Waals surface area contributed by atoms with Crippen molar-refractivity contribution in [3.8, 4) is 11.5 Å². The third-order valence-electron chi connectivity index (χ3n) is 4.47. The van der Waals surface area contributed by atoms with Crippen molar-refractivity contribution in [2.45, 2.75) is 18.9 Å². The second kappa shape index (κ2) is 8.40. The van der Waals surface area contributed by atoms with Gasteiger partial charge in [-0.2, -0.15) is 0 Å². The highest BCUT2D eigenvalue weighted by Crippen LogP contribution is 2.32. The molecule has 7 heteroatoms. The lowest BCUT2D eigenvalue weighted by Crippen LogP contribution is -2.48. The van der Waals surface area contributed by atoms with Crippen LogP contribution in [0.15, 0.2) is 18.2 Å². The lowest BCUT2D eigenvalue weighted by molar-refractivity contribution is 0.0466. The fraction of sp³-hybridized carbons (Fsp3) is 0.611. The maximum absolute atomic E-state index is 12.9. The van der Waals surface area contributed by atoms with Crippen molar-refractivity contribution >= 4 is 11.7 Å². The van der Waals surface area contributed by atoms with Gasteiger partial charge in [-0.15, -0.1) is 0 Å². The molecule has 1 N–H and O–H groups in total. The van der Waals surface area contributed by atoms with E-state index in [9.17, 15) is 4.79 Å². The first kappa shape index (κ1) is 17.8. The Hall–Kier alpha value is -1.99. The summed E-state index contributed by atoms with van der Waals surface area (Å²) in [6.45, 7) is 4.02. The number of fused-ring (bicyclic) bond motifs is 1. The normalized spacial score (nSPS) is 17.4. The number of ether oxygens (including phenoxy) is 3. The average molecular weight is 349 g/mol. The molecule has 0 unspecified atom stereocenters. The molecular formula is C18H27N3O4. The van der Waals surface area contributed by atoms with Gasteiger partial charge in [-0.05, 0) is 39.1 Å². The fourth-order valence-corrected chi connectivity index (χ4v) is 3.07. The van der Waals surface area contributed by atoms with E-state index >= 15 is 0 Å². The molecule has 3 rings (SSSR count). The third-order valence-corrected chi connectivity index (χ3v) is 4.47. The van der Waals surface area contributed by atoms with Gasteiger partial charge < -0.3 is 29.3 Å². The molecule has 0 spiro atoms. The van der Waals surface area contributed by atoms with E-state index in [1.54, 1.807) is 0 Å². The van der Waals surface area contributed by atoms with Gasteiger partial charge in [-0.25, -0.2) is 4.79 Å². The number of benzene rings is 1. The first-order valence-electron chi connectivity index (χ1n) is 8.83. The molecule has 1 saturated heterocycles. The Bertz CT molecular complexity index is 588. The summed E-state index contributed by atoms with van der Waals surface area (Å²) in [6, 6.07) is 5.64. The van der Waals surface area contributed by atoms with Crippen molar-refractivity contribution in [2.24, 2.45) is 0 Å². The van der Waals surface area contributed by atoms with Gasteiger partial charge in [-0.3, -0.25) is 0 Å². The minimum Gasteiger partial charge on any atom is -0.486 e. The number of hydrogen-bond donors (Lipinski definition) is 1. The van der Waals surface area contributed by atoms with Crippen LogP contribution in [0, 0.1) is 0 Å². The standard InChI is InChI=1S/C18H27N3O4/c1-20(2)7-8-21(15-5-9-23-10-6-15)18(22)19-14-3-4-16-17(13-14)25-12-11-24-16/h3-4,13,15H,5-12H2,1-2H3,(H,19,22). The van der Waals surface area contributed by atoms with Gasteiger partial charge in [0.1, 0.15) is 13.2 Å². The number of anilines is 1. The van der Waals surface area contributed by atoms with Gasteiger partial charge in [0.2, 0.25) is 0 Å². The van der Waals surface area contributed by atoms with Gasteiger partial charge in [0.25, 0.3) is 0 Å². The van der Waals surface area contributed by atoms with E-state index in [2.05, 4.69) is 10.2 Å². The number of nitrogens with one attached hydrogen (secondary N) is 1. The van der Waals surface area contributed by atoms with E-state index < -0.39 is 0 Å². The molecule has 2 aliphatic heterocycles. The number of nitrogens with zero attached hydrogens (tertiary/aromatic N) is 2. The first-order chi connectivity index (χ1) is 12.1. The molecule has 2 heterocycles. The molecule has 0 aliphatic carbocycles. The summed E-state index contributed by atoms with van der Waals surface area (Å²) in [7, 11) is 4.03. The van der Waals surface area contributed by atoms with E-state index in [1.165, 1.54) is 0 Å². The van der Waals surface area contributed by atoms with Crippen LogP contribution in [0.4, 0.5) is 10.5 Å². The minimum atomic E-state index is -0.0783. The van der Waals surface area contributed by atoms with Crippen LogP contribution in [0.1, 0.15) is 12.8 Å². The Kier molecular flexibility index (Phi) is 5.99. The number of carbonyl (C=O) groups excluding carboxylic acids is 1. The molecule has 7 nitrogen and oxygen atoms in total. The summed E-state index contributed by atoms with van der Waals surface area (Å²) in [4.78, 5) is 16.9. The van der Waals surface area contributed by atoms with Crippen molar-refractivity contribution in [3.63, 3.8) is 0 Å². The molecule has 0 saturated carbocycles. The maximum Gasteiger partial charge on any atom is 0.322 e. The first-order valence-corrected chi connectivity index (χ1v) is 8.83. The minimum absolute atomic E-state index is 0.0783. The molecule has 0 aromatic heterocycles. The topological polar surface area (TPSA) is 63.3 Å². The van der Waals surface area contributed by atoms with Gasteiger partial charge in [0.15, 0.2) is 11.5 Å². The fourth-order valence-electron chi connectivity index (χ4n) is 3.07. The van der Waals surface area contributed by atoms with E-state index in [0.29, 0.717) is 38.7 Å². The van der Waals surface area contributed by atoms with Crippen LogP contribution in [0.5, 0.6) is 11.5 Å². The van der Waals surface area contributed by atoms with Crippen LogP contribution in [0.25, 0.3) is 0 Å². The van der Waals surface area contributed by atoms with Crippen LogP contribution in [0.3, 0.4) is 0 Å². The predicted molar refractivity (Wildman–Crippen MR) is 95.6 cm³/mol. The summed E-state index contributed by atoms with van der Waals surface area (Å²) in [6.07, 6.45) is 1.75. The highest BCUT2D eigenvalue weighted by Gasteiger charge is 2.26. The van der Waals surface area contributed by atoms with Gasteiger partial charge in [-0.1, -0.05) is 0 Å². The molecule has 2 amide bonds. The molecule has 0 atom stereocenters. The summed E-state index contributed by atoms with van der Waals surface area (Å²) in [5, 5.41) is 3.01. The second-order valence-corrected chi connectivity index (χ2v) is 6.63. The van der Waals surface area contributed by atoms with E-state index in [-0.39, 0.29) is 12.1 Å². The maximum atomic E-state index is 12.9. The van der Waals surface area contributed by atoms with Gasteiger partial charge in [0, 0.05) is 44.1 Å². The number of urea groups is 1. The summed E-state index contributed by atoms with van der Waals surface area (Å²) in [5.74, 6) is 1.40. The Morgan fingerprint density at radius 3 is 2.52 bits per heavy atom. The zero-order valence-corrected chi connectivity index (χ0v) is 15.0. The quantitative estimate of drug-likeness (QED) is 0.881. The number of carbonyl (C=O) groups is 1. The lowest BCUT2D eigenvalue weighted by Gasteiger charge is -2.35. The van der Waals surface area contributed by atoms with Crippen molar-refractivity contribution in [2.75, 3.05) is 58.9 Å². The lowest BCUT2D eigenvalue weighted by atomic mass is 10.1. The number of hydrogen-bond acceptors (Lipinski definition) is 5. The zero-order chi connectivity index (χ0) is 17.6. The summed E-state index contributed by atoms with van der Waals surface area (Å²) in [5.41, 5.74) is 0.719. The molecule has 0 bridgehead atoms. The molecule has 1 aromatic rings. The van der Waals surface area contributed by atoms with E-state index in [0.717, 1.165) is 30.8 Å². The average Bonchev–Trinajstić information content (AvgIpc) is 2.62. The number of amides is 2. The van der Waals surface area contributed by atoms with Crippen molar-refractivity contribution in [3.05, 3.63) is 18.2 Å². The van der Waals surface area contributed by atoms with Crippen molar-refractivity contribution in [1.82, 2.24) is 9.80 Å². The Morgan fingerprint density at radius 1 is 1.08 bits per heavy atom. The highest BCUT2D eigenvalue weighted by molar-refractivity contribution is 5.90. The molecule has 2 aliphatic rings. The van der Waals surface area contributed by atoms with Crippen molar-refractivity contribution in [1.29, 1.82) is 0 Å². The summed E-state index contributed by atoms with van der Waals surface area (Å²) >= 11 is 0. The van der Waals surface area contributed by atoms with Crippen molar-refractivity contribution < 1.29 is 19.0 Å². The van der Waals surface area contributed by atoms with Crippen LogP contribution < -0.4 is 14.8 Å². The highest BCUT2D eigenvalue weighted by atomic mass is 16.6. The van der Waals surface area contributed by atoms with E-state index in [1.807, 2.05) is 37.2 Å². The zero-order valence-electron chi connectivity index (χ0n) is 15.0. The largest absolute Gasteiger partial charge is 0.486 e. The molecule has 25 heavy (non-hydrogen) atoms. The smallest absolute Gasteiger partial charge is 0.322 e.